The minimum absolute atomic E-state index is 0.00986. The highest BCUT2D eigenvalue weighted by Gasteiger charge is 2.28. The number of ether oxygens (including phenoxy) is 1. The van der Waals surface area contributed by atoms with Crippen LogP contribution < -0.4 is 21.1 Å². The first-order chi connectivity index (χ1) is 65.1. The monoisotopic (exact) mass is 1980 g/mol. The Labute approximate surface area is 796 Å². The van der Waals surface area contributed by atoms with Gasteiger partial charge < -0.3 is 54.4 Å². The van der Waals surface area contributed by atoms with E-state index in [4.69, 9.17) is 22.1 Å². The summed E-state index contributed by atoms with van der Waals surface area (Å²) >= 11 is 12.3. The maximum atomic E-state index is 14.8. The Balaban J connectivity index is 0.000000124. The van der Waals surface area contributed by atoms with Gasteiger partial charge in [0.1, 0.15) is 83.5 Å². The zero-order valence-electron chi connectivity index (χ0n) is 75.8. The van der Waals surface area contributed by atoms with Crippen LogP contribution in [-0.2, 0) is 65.1 Å². The second kappa shape index (κ2) is 45.4. The number of imidazole rings is 3. The number of nitrogens with zero attached hydrogens (tertiary/aromatic N) is 25. The first-order valence-electron chi connectivity index (χ1n) is 45.6. The fraction of sp³-hybridized carbons (Fsp3) is 0.396. The molecule has 21 rings (SSSR count). The van der Waals surface area contributed by atoms with Crippen LogP contribution in [0.5, 0.6) is 5.75 Å². The van der Waals surface area contributed by atoms with Crippen molar-refractivity contribution in [2.75, 3.05) is 154 Å². The van der Waals surface area contributed by atoms with Crippen molar-refractivity contribution < 1.29 is 31.1 Å². The zero-order valence-corrected chi connectivity index (χ0v) is 79.7. The van der Waals surface area contributed by atoms with Crippen molar-refractivity contribution in [2.24, 2.45) is 0 Å². The summed E-state index contributed by atoms with van der Waals surface area (Å²) in [5.41, 5.74) is 14.4. The van der Waals surface area contributed by atoms with Crippen molar-refractivity contribution in [3.05, 3.63) is 236 Å². The van der Waals surface area contributed by atoms with Crippen molar-refractivity contribution in [3.8, 4) is 39.5 Å². The number of nitrogen functional groups attached to an aromatic ring is 1. The molecule has 0 bridgehead atoms. The van der Waals surface area contributed by atoms with Gasteiger partial charge in [0.05, 0.1) is 48.4 Å². The molecule has 134 heavy (non-hydrogen) atoms. The number of anilines is 5. The first-order valence-corrected chi connectivity index (χ1v) is 47.6. The number of piperazine rings is 4. The van der Waals surface area contributed by atoms with Crippen LogP contribution in [0.4, 0.5) is 55.7 Å². The number of aryl methyl sites for hydroxylation is 6. The van der Waals surface area contributed by atoms with Gasteiger partial charge in [-0.15, -0.1) is 0 Å². The van der Waals surface area contributed by atoms with E-state index >= 15 is 0 Å². The molecule has 38 heteroatoms. The number of halogens is 9. The van der Waals surface area contributed by atoms with Gasteiger partial charge in [-0.25, -0.2) is 96.1 Å². The molecule has 7 aliphatic rings. The fourth-order valence-electron chi connectivity index (χ4n) is 17.4. The number of benzene rings is 3. The molecule has 4 saturated heterocycles. The topological polar surface area (TPSA) is 280 Å². The molecule has 4 N–H and O–H groups in total. The van der Waals surface area contributed by atoms with Gasteiger partial charge in [-0.2, -0.15) is 0 Å². The molecular formula is C96H109Br2ClF6N28O. The van der Waals surface area contributed by atoms with Gasteiger partial charge in [0.25, 0.3) is 0 Å². The lowest BCUT2D eigenvalue weighted by molar-refractivity contribution is 0.132. The van der Waals surface area contributed by atoms with Crippen molar-refractivity contribution in [1.29, 1.82) is 0 Å². The van der Waals surface area contributed by atoms with Crippen molar-refractivity contribution in [3.63, 3.8) is 0 Å². The molecule has 0 radical (unpaired) electrons. The smallest absolute Gasteiger partial charge is 0.229 e. The summed E-state index contributed by atoms with van der Waals surface area (Å²) in [5, 5.41) is 6.01. The Morgan fingerprint density at radius 1 is 0.343 bits per heavy atom. The maximum absolute atomic E-state index is 14.8. The third-order valence-electron chi connectivity index (χ3n) is 25.0. The normalized spacial score (nSPS) is 16.2. The highest BCUT2D eigenvalue weighted by molar-refractivity contribution is 9.10. The van der Waals surface area contributed by atoms with Crippen molar-refractivity contribution in [2.45, 2.75) is 112 Å². The molecule has 0 amide bonds. The van der Waals surface area contributed by atoms with Crippen LogP contribution in [-0.4, -0.2) is 261 Å². The lowest BCUT2D eigenvalue weighted by Gasteiger charge is -2.33. The number of hydrogen-bond acceptors (Lipinski definition) is 26. The van der Waals surface area contributed by atoms with Crippen molar-refractivity contribution >= 4 is 106 Å². The van der Waals surface area contributed by atoms with E-state index in [-0.39, 0.29) is 34.3 Å². The first kappa shape index (κ1) is 95.9. The van der Waals surface area contributed by atoms with Crippen LogP contribution in [0.3, 0.4) is 0 Å². The molecule has 0 unspecified atom stereocenters. The van der Waals surface area contributed by atoms with Crippen LogP contribution in [0.1, 0.15) is 86.7 Å². The molecular weight excluding hydrogens is 1870 g/mol. The highest BCUT2D eigenvalue weighted by atomic mass is 79.9. The molecule has 4 fully saturated rings. The standard InChI is InChI=1S/2C26H28F2N8.C14H9ClF2N4.C12H18BrN3.C12H20N4.C6H6BrNO/c2*1-2-34-8-10-35(11-9-34)16-17-5-6-22(29-14-17)31-26-30-15-20(28)24(33-26)18-12-19(27)25-21(13-18)36-7-3-4-23(36)32-25;15-14-18-6-9(17)12(20-14)7-4-8(16)13-10(5-7)21-3-1-2-11(21)19-13;2*1-2-15-5-7-16(8-6-15)10-11-3-4-12(13)14-9-11;1-9-5-2-3-6(7)8-4-5/h2*5-6,12-15H,2-4,7-11,16H2,1H3,(H,29,30,31,33);4-6H,1-3H2;3-4,9H,2,5-8,10H2,1H3;3-4,9H,2,5-8,10H2,1H3,(H2,13,14);2-4H,1H3. The number of hydrogen-bond donors (Lipinski definition) is 3. The lowest BCUT2D eigenvalue weighted by atomic mass is 10.1. The number of fused-ring (bicyclic) bond motifs is 9. The maximum Gasteiger partial charge on any atom is 0.229 e. The van der Waals surface area contributed by atoms with Crippen LogP contribution in [0.15, 0.2) is 156 Å². The van der Waals surface area contributed by atoms with Gasteiger partial charge in [0.15, 0.2) is 34.9 Å². The summed E-state index contributed by atoms with van der Waals surface area (Å²) in [7, 11) is 1.62. The Morgan fingerprint density at radius 2 is 0.664 bits per heavy atom. The quantitative estimate of drug-likeness (QED) is 0.0363. The highest BCUT2D eigenvalue weighted by Crippen LogP contribution is 2.36. The third kappa shape index (κ3) is 24.5. The van der Waals surface area contributed by atoms with E-state index in [0.717, 1.165) is 232 Å². The number of rotatable bonds is 20. The molecule has 3 aromatic carbocycles. The number of aromatic nitrogens is 17. The third-order valence-corrected chi connectivity index (χ3v) is 26.1. The molecule has 14 aromatic rings. The molecule has 0 spiro atoms. The molecule has 0 saturated carbocycles. The molecule has 0 aliphatic carbocycles. The van der Waals surface area contributed by atoms with E-state index in [1.165, 1.54) is 75.1 Å². The number of likely N-dealkylation sites (N-methyl/N-ethyl adjacent to an activating group) is 4. The molecule has 7 aliphatic heterocycles. The summed E-state index contributed by atoms with van der Waals surface area (Å²) in [4.78, 5) is 78.4. The average molecular weight is 1980 g/mol. The lowest BCUT2D eigenvalue weighted by Crippen LogP contribution is -2.45. The summed E-state index contributed by atoms with van der Waals surface area (Å²) in [5.74, 6) is 2.15. The van der Waals surface area contributed by atoms with Gasteiger partial charge in [0.2, 0.25) is 17.2 Å². The number of nitrogens with two attached hydrogens (primary N) is 1. The van der Waals surface area contributed by atoms with E-state index in [1.807, 2.05) is 87.0 Å². The van der Waals surface area contributed by atoms with Gasteiger partial charge in [-0.1, -0.05) is 52.0 Å². The van der Waals surface area contributed by atoms with E-state index in [9.17, 15) is 26.3 Å². The van der Waals surface area contributed by atoms with Crippen LogP contribution in [0, 0.1) is 34.9 Å². The van der Waals surface area contributed by atoms with E-state index in [1.54, 1.807) is 31.5 Å². The molecule has 702 valence electrons. The second-order valence-corrected chi connectivity index (χ2v) is 35.7. The Bertz CT molecular complexity index is 5990. The summed E-state index contributed by atoms with van der Waals surface area (Å²) in [6, 6.07) is 28.5. The minimum atomic E-state index is -0.640. The van der Waals surface area contributed by atoms with Gasteiger partial charge in [-0.05, 0) is 184 Å². The SMILES string of the molecule is CCN1CCN(Cc2ccc(Br)nc2)CC1.CCN1CCN(Cc2ccc(N)nc2)CC1.CCN1CCN(Cc2ccc(Nc3ncc(F)c(-c4cc(F)c5nc6n(c5c4)CCC6)n3)nc2)CC1.CCN1CCN(Cc2ccc(Nc3ncc(F)c(-c4cc(F)c5nc6n(c5c4)CCC6)n3)nc2)CC1.COc1ccc(Br)nc1.Fc1cnc(Cl)nc1-c1cc(F)c2nc3n(c2c1)CCC3. The molecule has 18 heterocycles. The fourth-order valence-corrected chi connectivity index (χ4v) is 18.0. The summed E-state index contributed by atoms with van der Waals surface area (Å²) in [6.07, 6.45) is 17.7. The molecule has 29 nitrogen and oxygen atoms in total. The number of methoxy groups -OCH3 is 1. The van der Waals surface area contributed by atoms with Gasteiger partial charge in [0, 0.05) is 211 Å². The Hall–Kier alpha value is -11.2. The van der Waals surface area contributed by atoms with E-state index < -0.39 is 34.9 Å². The van der Waals surface area contributed by atoms with Crippen LogP contribution >= 0.6 is 43.5 Å². The molecule has 0 atom stereocenters. The molecule has 11 aromatic heterocycles. The van der Waals surface area contributed by atoms with Gasteiger partial charge >= 0.3 is 0 Å². The van der Waals surface area contributed by atoms with Crippen molar-refractivity contribution in [1.82, 2.24) is 123 Å². The van der Waals surface area contributed by atoms with Crippen LogP contribution in [0.2, 0.25) is 5.28 Å². The Kier molecular flexibility index (Phi) is 32.5. The minimum Gasteiger partial charge on any atom is -0.495 e. The van der Waals surface area contributed by atoms with E-state index in [2.05, 4.69) is 191 Å². The van der Waals surface area contributed by atoms with Gasteiger partial charge in [-0.3, -0.25) is 19.6 Å². The second-order valence-electron chi connectivity index (χ2n) is 33.7. The largest absolute Gasteiger partial charge is 0.495 e. The van der Waals surface area contributed by atoms with Crippen LogP contribution in [0.25, 0.3) is 66.9 Å². The number of pyridine rings is 5. The average Bonchev–Trinajstić information content (AvgIpc) is 1.62. The van der Waals surface area contributed by atoms with E-state index in [0.29, 0.717) is 67.2 Å². The summed E-state index contributed by atoms with van der Waals surface area (Å²) in [6.45, 7) is 37.4. The predicted octanol–water partition coefficient (Wildman–Crippen LogP) is 16.0. The Morgan fingerprint density at radius 3 is 0.978 bits per heavy atom. The summed E-state index contributed by atoms with van der Waals surface area (Å²) < 4.78 is 99.8. The number of nitrogens with one attached hydrogen (secondary N) is 2. The predicted molar refractivity (Wildman–Crippen MR) is 516 cm³/mol. The zero-order chi connectivity index (χ0) is 93.3.